The summed E-state index contributed by atoms with van der Waals surface area (Å²) in [4.78, 5) is 25.8. The van der Waals surface area contributed by atoms with Crippen LogP contribution in [0.2, 0.25) is 0 Å². The van der Waals surface area contributed by atoms with E-state index in [0.29, 0.717) is 22.3 Å². The summed E-state index contributed by atoms with van der Waals surface area (Å²) < 4.78 is 1.94. The van der Waals surface area contributed by atoms with Crippen LogP contribution in [0.1, 0.15) is 46.1 Å². The molecule has 1 N–H and O–H groups in total. The normalized spacial score (nSPS) is 15.6. The van der Waals surface area contributed by atoms with Gasteiger partial charge in [-0.3, -0.25) is 4.79 Å². The van der Waals surface area contributed by atoms with Crippen molar-refractivity contribution in [3.05, 3.63) is 76.7 Å². The van der Waals surface area contributed by atoms with Crippen molar-refractivity contribution in [2.45, 2.75) is 32.2 Å². The lowest BCUT2D eigenvalue weighted by Crippen LogP contribution is -2.23. The molecule has 0 spiro atoms. The van der Waals surface area contributed by atoms with Gasteiger partial charge < -0.3 is 5.32 Å². The first-order valence-electron chi connectivity index (χ1n) is 9.87. The molecule has 150 valence electrons. The maximum atomic E-state index is 12.9. The Bertz CT molecular complexity index is 1200. The Labute approximate surface area is 177 Å². The second-order valence-corrected chi connectivity index (χ2v) is 8.15. The summed E-state index contributed by atoms with van der Waals surface area (Å²) in [6, 6.07) is 10.3. The van der Waals surface area contributed by atoms with Gasteiger partial charge >= 0.3 is 0 Å². The Morgan fingerprint density at radius 3 is 2.90 bits per heavy atom. The molecule has 0 saturated carbocycles. The van der Waals surface area contributed by atoms with Crippen LogP contribution in [0.4, 0.5) is 5.82 Å². The van der Waals surface area contributed by atoms with Crippen molar-refractivity contribution in [2.24, 2.45) is 0 Å². The number of anilines is 1. The van der Waals surface area contributed by atoms with Gasteiger partial charge in [-0.15, -0.1) is 11.3 Å². The highest BCUT2D eigenvalue weighted by molar-refractivity contribution is 7.13. The first-order valence-corrected chi connectivity index (χ1v) is 10.7. The summed E-state index contributed by atoms with van der Waals surface area (Å²) in [5.41, 5.74) is 3.90. The molecular weight excluding hydrogens is 396 g/mol. The van der Waals surface area contributed by atoms with Gasteiger partial charge in [0.25, 0.3) is 5.91 Å². The largest absolute Gasteiger partial charge is 0.305 e. The van der Waals surface area contributed by atoms with Crippen LogP contribution >= 0.6 is 11.3 Å². The Hall–Kier alpha value is -3.39. The fourth-order valence-electron chi connectivity index (χ4n) is 3.88. The van der Waals surface area contributed by atoms with Gasteiger partial charge in [-0.25, -0.2) is 19.6 Å². The van der Waals surface area contributed by atoms with E-state index in [2.05, 4.69) is 49.6 Å². The van der Waals surface area contributed by atoms with E-state index in [4.69, 9.17) is 0 Å². The average molecular weight is 417 g/mol. The van der Waals surface area contributed by atoms with Gasteiger partial charge in [-0.2, -0.15) is 5.10 Å². The third-order valence-electron chi connectivity index (χ3n) is 5.34. The molecule has 1 amide bonds. The van der Waals surface area contributed by atoms with Gasteiger partial charge in [-0.05, 0) is 43.4 Å². The molecular formula is C22H20N6OS. The highest BCUT2D eigenvalue weighted by Gasteiger charge is 2.26. The topological polar surface area (TPSA) is 85.6 Å². The van der Waals surface area contributed by atoms with Gasteiger partial charge in [0.1, 0.15) is 11.5 Å². The van der Waals surface area contributed by atoms with Crippen molar-refractivity contribution in [2.75, 3.05) is 5.32 Å². The Balaban J connectivity index is 1.43. The fourth-order valence-corrected chi connectivity index (χ4v) is 4.63. The smallest absolute Gasteiger partial charge is 0.276 e. The molecule has 1 atom stereocenters. The monoisotopic (exact) mass is 416 g/mol. The number of benzene rings is 1. The quantitative estimate of drug-likeness (QED) is 0.537. The molecule has 4 aromatic rings. The van der Waals surface area contributed by atoms with Crippen molar-refractivity contribution in [3.8, 4) is 10.8 Å². The van der Waals surface area contributed by atoms with E-state index in [1.54, 1.807) is 30.0 Å². The molecule has 8 heteroatoms. The van der Waals surface area contributed by atoms with E-state index < -0.39 is 0 Å². The minimum atomic E-state index is -0.262. The third-order valence-corrected chi connectivity index (χ3v) is 6.18. The molecule has 0 aliphatic heterocycles. The van der Waals surface area contributed by atoms with Crippen molar-refractivity contribution in [1.82, 2.24) is 24.7 Å². The molecule has 3 heterocycles. The number of carbonyl (C=O) groups excluding carboxylic acids is 1. The fraction of sp³-hybridized carbons (Fsp3) is 0.227. The number of fused-ring (bicyclic) bond motifs is 1. The number of amides is 1. The number of aryl methyl sites for hydroxylation is 2. The summed E-state index contributed by atoms with van der Waals surface area (Å²) in [5.74, 6) is 0.969. The lowest BCUT2D eigenvalue weighted by atomic mass is 9.88. The second kappa shape index (κ2) is 7.79. The van der Waals surface area contributed by atoms with Crippen molar-refractivity contribution >= 4 is 23.1 Å². The molecule has 1 unspecified atom stereocenters. The van der Waals surface area contributed by atoms with Gasteiger partial charge in [0, 0.05) is 23.3 Å². The lowest BCUT2D eigenvalue weighted by molar-refractivity contribution is 0.102. The SMILES string of the molecule is Cc1cnn(C2CCCc3ccccc32)c1NC(=O)c1csc(-c2ncccn2)n1. The van der Waals surface area contributed by atoms with Gasteiger partial charge in [0.15, 0.2) is 10.8 Å². The van der Waals surface area contributed by atoms with E-state index in [9.17, 15) is 4.79 Å². The van der Waals surface area contributed by atoms with Crippen molar-refractivity contribution < 1.29 is 4.79 Å². The summed E-state index contributed by atoms with van der Waals surface area (Å²) in [7, 11) is 0. The molecule has 1 aromatic carbocycles. The lowest BCUT2D eigenvalue weighted by Gasteiger charge is -2.27. The highest BCUT2D eigenvalue weighted by Crippen LogP contribution is 2.35. The van der Waals surface area contributed by atoms with Crippen LogP contribution in [0.25, 0.3) is 10.8 Å². The maximum Gasteiger partial charge on any atom is 0.276 e. The number of aromatic nitrogens is 5. The molecule has 3 aromatic heterocycles. The Morgan fingerprint density at radius 2 is 2.03 bits per heavy atom. The third kappa shape index (κ3) is 3.39. The standard InChI is InChI=1S/C22H20N6OS/c1-14-12-25-28(18-9-4-7-15-6-2-3-8-16(15)18)20(14)27-21(29)17-13-30-22(26-17)19-23-10-5-11-24-19/h2-3,5-6,8,10-13,18H,4,7,9H2,1H3,(H,27,29). The van der Waals surface area contributed by atoms with Gasteiger partial charge in [0.05, 0.1) is 12.2 Å². The van der Waals surface area contributed by atoms with Crippen LogP contribution in [0.15, 0.2) is 54.3 Å². The van der Waals surface area contributed by atoms with Crippen molar-refractivity contribution in [3.63, 3.8) is 0 Å². The first kappa shape index (κ1) is 18.6. The zero-order chi connectivity index (χ0) is 20.5. The van der Waals surface area contributed by atoms with Crippen LogP contribution in [-0.4, -0.2) is 30.6 Å². The number of carbonyl (C=O) groups is 1. The number of hydrogen-bond acceptors (Lipinski definition) is 6. The molecule has 5 rings (SSSR count). The summed E-state index contributed by atoms with van der Waals surface area (Å²) in [5, 5.41) is 9.98. The molecule has 0 radical (unpaired) electrons. The molecule has 0 saturated heterocycles. The predicted octanol–water partition coefficient (Wildman–Crippen LogP) is 4.28. The summed E-state index contributed by atoms with van der Waals surface area (Å²) in [6.07, 6.45) is 8.30. The molecule has 1 aliphatic rings. The van der Waals surface area contributed by atoms with Crippen LogP contribution in [0.5, 0.6) is 0 Å². The number of nitrogens with zero attached hydrogens (tertiary/aromatic N) is 5. The maximum absolute atomic E-state index is 12.9. The number of thiazole rings is 1. The molecule has 0 bridgehead atoms. The van der Waals surface area contributed by atoms with E-state index in [1.807, 2.05) is 11.6 Å². The predicted molar refractivity (Wildman–Crippen MR) is 116 cm³/mol. The summed E-state index contributed by atoms with van der Waals surface area (Å²) >= 11 is 1.35. The molecule has 7 nitrogen and oxygen atoms in total. The molecule has 0 fully saturated rings. The minimum Gasteiger partial charge on any atom is -0.305 e. The average Bonchev–Trinajstić information content (AvgIpc) is 3.42. The first-order chi connectivity index (χ1) is 14.7. The van der Waals surface area contributed by atoms with Crippen LogP contribution in [0.3, 0.4) is 0 Å². The second-order valence-electron chi connectivity index (χ2n) is 7.29. The zero-order valence-corrected chi connectivity index (χ0v) is 17.3. The minimum absolute atomic E-state index is 0.114. The molecule has 30 heavy (non-hydrogen) atoms. The van der Waals surface area contributed by atoms with Crippen molar-refractivity contribution in [1.29, 1.82) is 0 Å². The summed E-state index contributed by atoms with van der Waals surface area (Å²) in [6.45, 7) is 1.96. The van der Waals surface area contributed by atoms with Crippen LogP contribution < -0.4 is 5.32 Å². The Kier molecular flexibility index (Phi) is 4.84. The van der Waals surface area contributed by atoms with E-state index >= 15 is 0 Å². The van der Waals surface area contributed by atoms with E-state index in [0.717, 1.165) is 24.8 Å². The van der Waals surface area contributed by atoms with Gasteiger partial charge in [0.2, 0.25) is 0 Å². The zero-order valence-electron chi connectivity index (χ0n) is 16.4. The Morgan fingerprint density at radius 1 is 1.20 bits per heavy atom. The number of hydrogen-bond donors (Lipinski definition) is 1. The number of rotatable bonds is 4. The van der Waals surface area contributed by atoms with Crippen LogP contribution in [-0.2, 0) is 6.42 Å². The molecule has 1 aliphatic carbocycles. The number of nitrogens with one attached hydrogen (secondary N) is 1. The van der Waals surface area contributed by atoms with Crippen LogP contribution in [0, 0.1) is 6.92 Å². The van der Waals surface area contributed by atoms with Gasteiger partial charge in [-0.1, -0.05) is 24.3 Å². The van der Waals surface area contributed by atoms with E-state index in [-0.39, 0.29) is 11.9 Å². The highest BCUT2D eigenvalue weighted by atomic mass is 32.1. The van der Waals surface area contributed by atoms with E-state index in [1.165, 1.54) is 22.5 Å².